The third-order valence-electron chi connectivity index (χ3n) is 11.1. The lowest BCUT2D eigenvalue weighted by atomic mass is 10.0. The number of aliphatic hydroxyl groups excluding tert-OH is 2. The number of aliphatic hydroxyl groups is 2. The average Bonchev–Trinajstić information content (AvgIpc) is 3.16. The highest BCUT2D eigenvalue weighted by molar-refractivity contribution is 5.77. The van der Waals surface area contributed by atoms with Crippen molar-refractivity contribution < 1.29 is 24.5 Å². The minimum Gasteiger partial charge on any atom is -0.462 e. The standard InChI is InChI=1S/C48H93NO5/c1-4-7-10-13-16-19-22-25-27-30-33-36-39-44(54-48(53)41-38-35-32-29-26-23-20-17-14-11-8-5-2)42-47(52)49-45(43-50)46(51)40-37-34-31-28-24-21-18-15-12-9-6-3/h27,30,44-46,50-51H,4-26,28-29,31-43H2,1-3H3,(H,49,52)/b30-27-. The second kappa shape index (κ2) is 42.7. The summed E-state index contributed by atoms with van der Waals surface area (Å²) in [7, 11) is 0. The molecule has 0 aliphatic heterocycles. The van der Waals surface area contributed by atoms with Crippen LogP contribution in [0.1, 0.15) is 258 Å². The molecule has 0 heterocycles. The van der Waals surface area contributed by atoms with E-state index in [2.05, 4.69) is 38.2 Å². The van der Waals surface area contributed by atoms with Crippen LogP contribution < -0.4 is 5.32 Å². The number of nitrogens with one attached hydrogen (secondary N) is 1. The molecule has 320 valence electrons. The number of ether oxygens (including phenoxy) is 1. The number of hydrogen-bond acceptors (Lipinski definition) is 5. The predicted molar refractivity (Wildman–Crippen MR) is 232 cm³/mol. The van der Waals surface area contributed by atoms with Gasteiger partial charge in [0.05, 0.1) is 25.2 Å². The highest BCUT2D eigenvalue weighted by Crippen LogP contribution is 2.17. The first kappa shape index (κ1) is 52.6. The Bertz CT molecular complexity index is 817. The van der Waals surface area contributed by atoms with E-state index in [-0.39, 0.29) is 24.9 Å². The van der Waals surface area contributed by atoms with Gasteiger partial charge in [0.25, 0.3) is 0 Å². The van der Waals surface area contributed by atoms with E-state index in [9.17, 15) is 19.8 Å². The lowest BCUT2D eigenvalue weighted by molar-refractivity contribution is -0.151. The Kier molecular flexibility index (Phi) is 41.6. The molecule has 0 aliphatic carbocycles. The number of carbonyl (C=O) groups excluding carboxylic acids is 2. The van der Waals surface area contributed by atoms with Gasteiger partial charge in [0.1, 0.15) is 6.10 Å². The van der Waals surface area contributed by atoms with Crippen LogP contribution in [0.15, 0.2) is 12.2 Å². The molecule has 6 heteroatoms. The van der Waals surface area contributed by atoms with E-state index in [1.807, 2.05) is 0 Å². The van der Waals surface area contributed by atoms with E-state index in [0.29, 0.717) is 19.3 Å². The maximum absolute atomic E-state index is 13.1. The van der Waals surface area contributed by atoms with Crippen LogP contribution in [0, 0.1) is 0 Å². The summed E-state index contributed by atoms with van der Waals surface area (Å²) in [5.74, 6) is -0.491. The van der Waals surface area contributed by atoms with Gasteiger partial charge in [-0.2, -0.15) is 0 Å². The fourth-order valence-corrected chi connectivity index (χ4v) is 7.43. The van der Waals surface area contributed by atoms with Gasteiger partial charge >= 0.3 is 5.97 Å². The molecule has 0 rings (SSSR count). The zero-order chi connectivity index (χ0) is 39.6. The van der Waals surface area contributed by atoms with E-state index in [1.165, 1.54) is 161 Å². The Morgan fingerprint density at radius 3 is 1.35 bits per heavy atom. The van der Waals surface area contributed by atoms with Crippen LogP contribution >= 0.6 is 0 Å². The number of amides is 1. The van der Waals surface area contributed by atoms with E-state index in [4.69, 9.17) is 4.74 Å². The number of carbonyl (C=O) groups is 2. The highest BCUT2D eigenvalue weighted by Gasteiger charge is 2.24. The van der Waals surface area contributed by atoms with Crippen molar-refractivity contribution in [2.45, 2.75) is 277 Å². The molecule has 3 atom stereocenters. The zero-order valence-corrected chi connectivity index (χ0v) is 36.4. The molecule has 3 N–H and O–H groups in total. The van der Waals surface area contributed by atoms with Gasteiger partial charge in [-0.05, 0) is 44.9 Å². The monoisotopic (exact) mass is 764 g/mol. The predicted octanol–water partition coefficient (Wildman–Crippen LogP) is 13.8. The van der Waals surface area contributed by atoms with Crippen molar-refractivity contribution in [2.24, 2.45) is 0 Å². The number of hydrogen-bond donors (Lipinski definition) is 3. The van der Waals surface area contributed by atoms with Crippen molar-refractivity contribution in [3.63, 3.8) is 0 Å². The second-order valence-corrected chi connectivity index (χ2v) is 16.5. The topological polar surface area (TPSA) is 95.9 Å². The Labute approximate surface area is 336 Å². The quantitative estimate of drug-likeness (QED) is 0.0326. The number of unbranched alkanes of at least 4 members (excludes halogenated alkanes) is 29. The number of allylic oxidation sites excluding steroid dienone is 2. The Morgan fingerprint density at radius 2 is 0.907 bits per heavy atom. The molecule has 0 aromatic carbocycles. The smallest absolute Gasteiger partial charge is 0.306 e. The third kappa shape index (κ3) is 37.5. The lowest BCUT2D eigenvalue weighted by Gasteiger charge is -2.24. The summed E-state index contributed by atoms with van der Waals surface area (Å²) in [6.07, 6.45) is 45.6. The van der Waals surface area contributed by atoms with Gasteiger partial charge in [-0.3, -0.25) is 9.59 Å². The Balaban J connectivity index is 4.59. The molecule has 6 nitrogen and oxygen atoms in total. The number of esters is 1. The van der Waals surface area contributed by atoms with Gasteiger partial charge in [0, 0.05) is 6.42 Å². The van der Waals surface area contributed by atoms with Crippen LogP contribution in [0.5, 0.6) is 0 Å². The first-order chi connectivity index (χ1) is 26.5. The third-order valence-corrected chi connectivity index (χ3v) is 11.1. The molecule has 0 saturated carbocycles. The maximum atomic E-state index is 13.1. The number of rotatable bonds is 43. The molecule has 0 aromatic rings. The Morgan fingerprint density at radius 1 is 0.519 bits per heavy atom. The van der Waals surface area contributed by atoms with E-state index in [1.54, 1.807) is 0 Å². The average molecular weight is 764 g/mol. The van der Waals surface area contributed by atoms with Crippen LogP contribution in [0.3, 0.4) is 0 Å². The van der Waals surface area contributed by atoms with Crippen LogP contribution in [-0.4, -0.2) is 46.9 Å². The summed E-state index contributed by atoms with van der Waals surface area (Å²) >= 11 is 0. The van der Waals surface area contributed by atoms with Crippen LogP contribution in [0.2, 0.25) is 0 Å². The van der Waals surface area contributed by atoms with E-state index in [0.717, 1.165) is 51.4 Å². The summed E-state index contributed by atoms with van der Waals surface area (Å²) in [5.41, 5.74) is 0. The molecule has 0 spiro atoms. The van der Waals surface area contributed by atoms with Gasteiger partial charge in [-0.25, -0.2) is 0 Å². The summed E-state index contributed by atoms with van der Waals surface area (Å²) in [5, 5.41) is 23.6. The van der Waals surface area contributed by atoms with Crippen LogP contribution in [0.4, 0.5) is 0 Å². The molecular formula is C48H93NO5. The molecule has 54 heavy (non-hydrogen) atoms. The lowest BCUT2D eigenvalue weighted by Crippen LogP contribution is -2.46. The first-order valence-electron chi connectivity index (χ1n) is 23.9. The van der Waals surface area contributed by atoms with Crippen LogP contribution in [-0.2, 0) is 14.3 Å². The summed E-state index contributed by atoms with van der Waals surface area (Å²) < 4.78 is 5.89. The van der Waals surface area contributed by atoms with Crippen molar-refractivity contribution in [1.82, 2.24) is 5.32 Å². The van der Waals surface area contributed by atoms with Gasteiger partial charge in [-0.15, -0.1) is 0 Å². The van der Waals surface area contributed by atoms with Gasteiger partial charge in [-0.1, -0.05) is 213 Å². The van der Waals surface area contributed by atoms with Crippen molar-refractivity contribution in [2.75, 3.05) is 6.61 Å². The maximum Gasteiger partial charge on any atom is 0.306 e. The molecular weight excluding hydrogens is 671 g/mol. The largest absolute Gasteiger partial charge is 0.462 e. The second-order valence-electron chi connectivity index (χ2n) is 16.5. The van der Waals surface area contributed by atoms with Crippen molar-refractivity contribution in [3.8, 4) is 0 Å². The summed E-state index contributed by atoms with van der Waals surface area (Å²) in [6, 6.07) is -0.701. The normalized spacial score (nSPS) is 13.4. The molecule has 0 saturated heterocycles. The van der Waals surface area contributed by atoms with Gasteiger partial charge in [0.15, 0.2) is 0 Å². The minimum atomic E-state index is -0.786. The molecule has 0 bridgehead atoms. The minimum absolute atomic E-state index is 0.0631. The highest BCUT2D eigenvalue weighted by atomic mass is 16.5. The molecule has 3 unspecified atom stereocenters. The van der Waals surface area contributed by atoms with E-state index < -0.39 is 18.2 Å². The molecule has 0 aromatic heterocycles. The van der Waals surface area contributed by atoms with Crippen molar-refractivity contribution >= 4 is 11.9 Å². The fraction of sp³-hybridized carbons (Fsp3) is 0.917. The molecule has 0 fully saturated rings. The van der Waals surface area contributed by atoms with Crippen LogP contribution in [0.25, 0.3) is 0 Å². The van der Waals surface area contributed by atoms with Crippen molar-refractivity contribution in [3.05, 3.63) is 12.2 Å². The van der Waals surface area contributed by atoms with Gasteiger partial charge < -0.3 is 20.3 Å². The first-order valence-corrected chi connectivity index (χ1v) is 23.9. The zero-order valence-electron chi connectivity index (χ0n) is 36.4. The van der Waals surface area contributed by atoms with E-state index >= 15 is 0 Å². The molecule has 1 amide bonds. The Hall–Kier alpha value is -1.40. The SMILES string of the molecule is CCCCCCCCC/C=C\CCCC(CC(=O)NC(CO)C(O)CCCCCCCCCCCCC)OC(=O)CCCCCCCCCCCCCC. The molecule has 0 aliphatic rings. The molecule has 0 radical (unpaired) electrons. The van der Waals surface area contributed by atoms with Crippen molar-refractivity contribution in [1.29, 1.82) is 0 Å². The van der Waals surface area contributed by atoms with Gasteiger partial charge in [0.2, 0.25) is 5.91 Å². The summed E-state index contributed by atoms with van der Waals surface area (Å²) in [4.78, 5) is 26.0. The fourth-order valence-electron chi connectivity index (χ4n) is 7.43. The summed E-state index contributed by atoms with van der Waals surface area (Å²) in [6.45, 7) is 6.46.